The Morgan fingerprint density at radius 2 is 2.15 bits per heavy atom. The van der Waals surface area contributed by atoms with Gasteiger partial charge in [0.2, 0.25) is 0 Å². The van der Waals surface area contributed by atoms with Gasteiger partial charge in [-0.25, -0.2) is 0 Å². The molecule has 1 heterocycles. The molecule has 3 rings (SSSR count). The van der Waals surface area contributed by atoms with Crippen LogP contribution in [0.4, 0.5) is 0 Å². The lowest BCUT2D eigenvalue weighted by Gasteiger charge is -2.22. The topological polar surface area (TPSA) is 12.0 Å². The van der Waals surface area contributed by atoms with Gasteiger partial charge in [0, 0.05) is 17.7 Å². The number of rotatable bonds is 0. The van der Waals surface area contributed by atoms with Crippen LogP contribution in [0.2, 0.25) is 0 Å². The Morgan fingerprint density at radius 1 is 1.23 bits per heavy atom. The Balaban J connectivity index is 1.92. The number of allylic oxidation sites excluding steroid dienone is 2. The third-order valence-corrected chi connectivity index (χ3v) is 3.69. The second kappa shape index (κ2) is 2.90. The van der Waals surface area contributed by atoms with E-state index >= 15 is 0 Å². The van der Waals surface area contributed by atoms with Crippen molar-refractivity contribution in [3.8, 4) is 0 Å². The molecule has 1 unspecified atom stereocenters. The monoisotopic (exact) mass is 175 g/mol. The summed E-state index contributed by atoms with van der Waals surface area (Å²) in [6.45, 7) is 0. The van der Waals surface area contributed by atoms with Crippen molar-refractivity contribution < 1.29 is 0 Å². The van der Waals surface area contributed by atoms with Crippen LogP contribution in [0.25, 0.3) is 0 Å². The number of fused-ring (bicyclic) bond motifs is 2. The quantitative estimate of drug-likeness (QED) is 0.558. The lowest BCUT2D eigenvalue weighted by Crippen LogP contribution is -2.29. The summed E-state index contributed by atoms with van der Waals surface area (Å²) in [6, 6.07) is 0.757. The van der Waals surface area contributed by atoms with Gasteiger partial charge in [0.15, 0.2) is 0 Å². The maximum atomic E-state index is 3.72. The highest BCUT2D eigenvalue weighted by Gasteiger charge is 2.34. The van der Waals surface area contributed by atoms with Crippen molar-refractivity contribution >= 4 is 0 Å². The van der Waals surface area contributed by atoms with Crippen LogP contribution in [0.15, 0.2) is 23.4 Å². The molecule has 0 saturated carbocycles. The van der Waals surface area contributed by atoms with Crippen LogP contribution in [-0.2, 0) is 0 Å². The fraction of sp³-hybridized carbons (Fsp3) is 0.667. The van der Waals surface area contributed by atoms with Crippen LogP contribution in [0.5, 0.6) is 0 Å². The average molecular weight is 175 g/mol. The lowest BCUT2D eigenvalue weighted by molar-refractivity contribution is 0.477. The highest BCUT2D eigenvalue weighted by molar-refractivity contribution is 5.31. The predicted octanol–water partition coefficient (Wildman–Crippen LogP) is 2.75. The van der Waals surface area contributed by atoms with E-state index in [4.69, 9.17) is 0 Å². The molecule has 0 aromatic heterocycles. The first-order chi connectivity index (χ1) is 6.45. The van der Waals surface area contributed by atoms with Crippen LogP contribution >= 0.6 is 0 Å². The van der Waals surface area contributed by atoms with Gasteiger partial charge in [0.25, 0.3) is 0 Å². The van der Waals surface area contributed by atoms with Gasteiger partial charge in [-0.1, -0.05) is 12.2 Å². The predicted molar refractivity (Wildman–Crippen MR) is 54.3 cm³/mol. The molecule has 0 fully saturated rings. The van der Waals surface area contributed by atoms with Crippen molar-refractivity contribution in [2.75, 3.05) is 0 Å². The zero-order valence-corrected chi connectivity index (χ0v) is 8.05. The smallest absolute Gasteiger partial charge is 0.0362 e. The summed E-state index contributed by atoms with van der Waals surface area (Å²) in [5.74, 6) is 0.768. The second-order valence-electron chi connectivity index (χ2n) is 4.49. The minimum Gasteiger partial charge on any atom is -0.385 e. The standard InChI is InChI=1S/C12H17N/c1-3-7-11-9(5-1)10-6-2-4-8-12(10)13-11/h1,5,9,11,13H,2-4,6-8H2/t9?,11-/m0/s1. The zero-order chi connectivity index (χ0) is 8.67. The molecule has 1 N–H and O–H groups in total. The normalized spacial score (nSPS) is 36.9. The van der Waals surface area contributed by atoms with Gasteiger partial charge in [0.05, 0.1) is 0 Å². The van der Waals surface area contributed by atoms with Crippen molar-refractivity contribution in [1.82, 2.24) is 5.32 Å². The van der Waals surface area contributed by atoms with E-state index < -0.39 is 0 Å². The van der Waals surface area contributed by atoms with E-state index in [1.54, 1.807) is 11.3 Å². The van der Waals surface area contributed by atoms with Crippen LogP contribution in [0, 0.1) is 5.92 Å². The molecule has 2 atom stereocenters. The van der Waals surface area contributed by atoms with Gasteiger partial charge < -0.3 is 5.32 Å². The van der Waals surface area contributed by atoms with Crippen LogP contribution in [0.3, 0.4) is 0 Å². The Bertz CT molecular complexity index is 275. The van der Waals surface area contributed by atoms with E-state index in [2.05, 4.69) is 17.5 Å². The molecule has 1 aliphatic heterocycles. The Hall–Kier alpha value is -0.720. The van der Waals surface area contributed by atoms with Gasteiger partial charge >= 0.3 is 0 Å². The number of nitrogens with one attached hydrogen (secondary N) is 1. The van der Waals surface area contributed by atoms with E-state index in [0.717, 1.165) is 12.0 Å². The Labute approximate surface area is 79.9 Å². The first-order valence-electron chi connectivity index (χ1n) is 5.60. The fourth-order valence-corrected chi connectivity index (χ4v) is 3.04. The van der Waals surface area contributed by atoms with E-state index in [9.17, 15) is 0 Å². The van der Waals surface area contributed by atoms with E-state index in [1.807, 2.05) is 0 Å². The second-order valence-corrected chi connectivity index (χ2v) is 4.49. The molecule has 3 aliphatic rings. The fourth-order valence-electron chi connectivity index (χ4n) is 3.04. The van der Waals surface area contributed by atoms with Gasteiger partial charge in [-0.05, 0) is 44.1 Å². The largest absolute Gasteiger partial charge is 0.385 e. The van der Waals surface area contributed by atoms with Crippen molar-refractivity contribution in [3.63, 3.8) is 0 Å². The minimum atomic E-state index is 0.757. The molecular formula is C12H17N. The summed E-state index contributed by atoms with van der Waals surface area (Å²) in [5, 5.41) is 3.72. The first-order valence-corrected chi connectivity index (χ1v) is 5.60. The summed E-state index contributed by atoms with van der Waals surface area (Å²) in [4.78, 5) is 0. The minimum absolute atomic E-state index is 0.757. The van der Waals surface area contributed by atoms with Crippen molar-refractivity contribution in [1.29, 1.82) is 0 Å². The zero-order valence-electron chi connectivity index (χ0n) is 8.05. The van der Waals surface area contributed by atoms with Crippen molar-refractivity contribution in [2.45, 2.75) is 44.6 Å². The van der Waals surface area contributed by atoms with E-state index in [1.165, 1.54) is 38.5 Å². The molecule has 0 spiro atoms. The third-order valence-electron chi connectivity index (χ3n) is 3.69. The summed E-state index contributed by atoms with van der Waals surface area (Å²) in [5.41, 5.74) is 3.35. The molecule has 0 aromatic rings. The Kier molecular flexibility index (Phi) is 1.71. The summed E-state index contributed by atoms with van der Waals surface area (Å²) >= 11 is 0. The molecule has 0 saturated heterocycles. The summed E-state index contributed by atoms with van der Waals surface area (Å²) < 4.78 is 0. The highest BCUT2D eigenvalue weighted by atomic mass is 15.0. The van der Waals surface area contributed by atoms with Gasteiger partial charge in [0.1, 0.15) is 0 Å². The molecule has 0 amide bonds. The lowest BCUT2D eigenvalue weighted by atomic mass is 9.83. The molecule has 0 radical (unpaired) electrons. The van der Waals surface area contributed by atoms with Crippen molar-refractivity contribution in [2.24, 2.45) is 5.92 Å². The van der Waals surface area contributed by atoms with Gasteiger partial charge in [-0.2, -0.15) is 0 Å². The average Bonchev–Trinajstić information content (AvgIpc) is 2.56. The maximum absolute atomic E-state index is 3.72. The summed E-state index contributed by atoms with van der Waals surface area (Å²) in [7, 11) is 0. The van der Waals surface area contributed by atoms with Crippen LogP contribution in [-0.4, -0.2) is 6.04 Å². The summed E-state index contributed by atoms with van der Waals surface area (Å²) in [6.07, 6.45) is 12.9. The SMILES string of the molecule is C1=CC2C3=C(CCCC3)N[C@H]2CC1. The molecular weight excluding hydrogens is 158 g/mol. The molecule has 1 heteroatoms. The third kappa shape index (κ3) is 1.13. The van der Waals surface area contributed by atoms with E-state index in [0.29, 0.717) is 0 Å². The maximum Gasteiger partial charge on any atom is 0.0362 e. The van der Waals surface area contributed by atoms with E-state index in [-0.39, 0.29) is 0 Å². The first kappa shape index (κ1) is 7.66. The van der Waals surface area contributed by atoms with Gasteiger partial charge in [-0.15, -0.1) is 0 Å². The molecule has 1 nitrogen and oxygen atoms in total. The molecule has 2 aliphatic carbocycles. The van der Waals surface area contributed by atoms with Crippen molar-refractivity contribution in [3.05, 3.63) is 23.4 Å². The highest BCUT2D eigenvalue weighted by Crippen LogP contribution is 2.39. The van der Waals surface area contributed by atoms with Crippen LogP contribution in [0.1, 0.15) is 38.5 Å². The molecule has 0 bridgehead atoms. The molecule has 70 valence electrons. The van der Waals surface area contributed by atoms with Crippen LogP contribution < -0.4 is 5.32 Å². The number of hydrogen-bond donors (Lipinski definition) is 1. The number of hydrogen-bond acceptors (Lipinski definition) is 1. The van der Waals surface area contributed by atoms with Gasteiger partial charge in [-0.3, -0.25) is 0 Å². The Morgan fingerprint density at radius 3 is 3.15 bits per heavy atom. The molecule has 13 heavy (non-hydrogen) atoms. The molecule has 0 aromatic carbocycles.